The lowest BCUT2D eigenvalue weighted by atomic mass is 9.96. The van der Waals surface area contributed by atoms with Gasteiger partial charge in [0.2, 0.25) is 0 Å². The van der Waals surface area contributed by atoms with E-state index in [1.165, 1.54) is 32.5 Å². The molecule has 0 spiro atoms. The summed E-state index contributed by atoms with van der Waals surface area (Å²) in [6.07, 6.45) is 2.58. The Morgan fingerprint density at radius 3 is 2.44 bits per heavy atom. The highest BCUT2D eigenvalue weighted by atomic mass is 16.3. The third kappa shape index (κ3) is 4.78. The molecule has 1 heterocycles. The number of rotatable bonds is 6. The van der Waals surface area contributed by atoms with Crippen LogP contribution < -0.4 is 5.32 Å². The smallest absolute Gasteiger partial charge is 0.0597 e. The van der Waals surface area contributed by atoms with E-state index in [0.29, 0.717) is 0 Å². The van der Waals surface area contributed by atoms with Gasteiger partial charge in [0.1, 0.15) is 0 Å². The van der Waals surface area contributed by atoms with Gasteiger partial charge in [-0.05, 0) is 53.0 Å². The molecule has 1 aliphatic rings. The molecule has 0 radical (unpaired) electrons. The largest absolute Gasteiger partial charge is 0.395 e. The monoisotopic (exact) mass is 229 g/mol. The first-order chi connectivity index (χ1) is 7.65. The van der Waals surface area contributed by atoms with Gasteiger partial charge >= 0.3 is 0 Å². The molecule has 0 saturated carbocycles. The molecule has 0 aromatic carbocycles. The van der Waals surface area contributed by atoms with E-state index in [1.807, 2.05) is 7.05 Å². The Morgan fingerprint density at radius 1 is 1.38 bits per heavy atom. The molecule has 1 unspecified atom stereocenters. The van der Waals surface area contributed by atoms with E-state index in [-0.39, 0.29) is 12.6 Å². The van der Waals surface area contributed by atoms with Crippen LogP contribution in [-0.4, -0.2) is 74.9 Å². The highest BCUT2D eigenvalue weighted by Crippen LogP contribution is 2.17. The van der Waals surface area contributed by atoms with Crippen molar-refractivity contribution in [2.24, 2.45) is 5.92 Å². The summed E-state index contributed by atoms with van der Waals surface area (Å²) in [7, 11) is 6.21. The molecule has 96 valence electrons. The van der Waals surface area contributed by atoms with Crippen LogP contribution in [0.4, 0.5) is 0 Å². The van der Waals surface area contributed by atoms with E-state index in [2.05, 4.69) is 29.2 Å². The topological polar surface area (TPSA) is 38.7 Å². The maximum atomic E-state index is 9.13. The second-order valence-corrected chi connectivity index (χ2v) is 5.17. The molecule has 4 nitrogen and oxygen atoms in total. The van der Waals surface area contributed by atoms with Crippen molar-refractivity contribution in [2.75, 3.05) is 53.9 Å². The zero-order chi connectivity index (χ0) is 12.0. The average Bonchev–Trinajstić information content (AvgIpc) is 2.27. The lowest BCUT2D eigenvalue weighted by Crippen LogP contribution is -2.45. The van der Waals surface area contributed by atoms with Gasteiger partial charge in [-0.25, -0.2) is 0 Å². The normalized spacial score (nSPS) is 21.6. The minimum atomic E-state index is 0.227. The van der Waals surface area contributed by atoms with Gasteiger partial charge in [-0.2, -0.15) is 0 Å². The molecular weight excluding hydrogens is 202 g/mol. The summed E-state index contributed by atoms with van der Waals surface area (Å²) >= 11 is 0. The van der Waals surface area contributed by atoms with Crippen molar-refractivity contribution in [3.63, 3.8) is 0 Å². The fourth-order valence-electron chi connectivity index (χ4n) is 2.42. The first-order valence-electron chi connectivity index (χ1n) is 6.31. The molecule has 1 atom stereocenters. The molecule has 2 N–H and O–H groups in total. The number of hydrogen-bond acceptors (Lipinski definition) is 4. The van der Waals surface area contributed by atoms with Crippen LogP contribution in [0.2, 0.25) is 0 Å². The Morgan fingerprint density at radius 2 is 2.00 bits per heavy atom. The summed E-state index contributed by atoms with van der Waals surface area (Å²) in [5.74, 6) is 0.855. The molecule has 0 aliphatic carbocycles. The summed E-state index contributed by atoms with van der Waals surface area (Å²) in [6.45, 7) is 4.77. The highest BCUT2D eigenvalue weighted by molar-refractivity contribution is 4.77. The van der Waals surface area contributed by atoms with E-state index in [9.17, 15) is 0 Å². The van der Waals surface area contributed by atoms with Crippen molar-refractivity contribution >= 4 is 0 Å². The molecule has 1 fully saturated rings. The summed E-state index contributed by atoms with van der Waals surface area (Å²) in [5, 5.41) is 12.3. The quantitative estimate of drug-likeness (QED) is 0.664. The van der Waals surface area contributed by atoms with Crippen LogP contribution >= 0.6 is 0 Å². The molecular formula is C12H27N3O. The number of aliphatic hydroxyl groups is 1. The Balaban J connectivity index is 2.21. The zero-order valence-electron chi connectivity index (χ0n) is 10.9. The molecule has 0 bridgehead atoms. The standard InChI is InChI=1S/C12H27N3O/c1-13-12(10-16)9-15-6-4-11(5-7-15)8-14(2)3/h11-13,16H,4-10H2,1-3H3. The molecule has 0 aromatic rings. The zero-order valence-corrected chi connectivity index (χ0v) is 10.9. The van der Waals surface area contributed by atoms with Crippen molar-refractivity contribution in [2.45, 2.75) is 18.9 Å². The summed E-state index contributed by atoms with van der Waals surface area (Å²) in [6, 6.07) is 0.227. The predicted octanol–water partition coefficient (Wildman–Crippen LogP) is -0.160. The summed E-state index contributed by atoms with van der Waals surface area (Å²) in [4.78, 5) is 4.74. The van der Waals surface area contributed by atoms with Gasteiger partial charge in [-0.3, -0.25) is 0 Å². The third-order valence-corrected chi connectivity index (χ3v) is 3.44. The van der Waals surface area contributed by atoms with Crippen LogP contribution in [0.5, 0.6) is 0 Å². The first-order valence-corrected chi connectivity index (χ1v) is 6.31. The fourth-order valence-corrected chi connectivity index (χ4v) is 2.42. The maximum Gasteiger partial charge on any atom is 0.0597 e. The van der Waals surface area contributed by atoms with Crippen LogP contribution in [0.3, 0.4) is 0 Å². The van der Waals surface area contributed by atoms with Gasteiger partial charge in [0.05, 0.1) is 6.61 Å². The van der Waals surface area contributed by atoms with Crippen LogP contribution in [0.15, 0.2) is 0 Å². The van der Waals surface area contributed by atoms with E-state index < -0.39 is 0 Å². The van der Waals surface area contributed by atoms with Crippen LogP contribution in [-0.2, 0) is 0 Å². The fraction of sp³-hybridized carbons (Fsp3) is 1.00. The van der Waals surface area contributed by atoms with Crippen molar-refractivity contribution in [3.8, 4) is 0 Å². The van der Waals surface area contributed by atoms with Gasteiger partial charge in [0.15, 0.2) is 0 Å². The number of hydrogen-bond donors (Lipinski definition) is 2. The second-order valence-electron chi connectivity index (χ2n) is 5.17. The lowest BCUT2D eigenvalue weighted by Gasteiger charge is -2.34. The lowest BCUT2D eigenvalue weighted by molar-refractivity contribution is 0.133. The first kappa shape index (κ1) is 13.9. The van der Waals surface area contributed by atoms with E-state index in [1.54, 1.807) is 0 Å². The van der Waals surface area contributed by atoms with Gasteiger partial charge in [-0.15, -0.1) is 0 Å². The van der Waals surface area contributed by atoms with Gasteiger partial charge in [0.25, 0.3) is 0 Å². The predicted molar refractivity (Wildman–Crippen MR) is 67.7 cm³/mol. The van der Waals surface area contributed by atoms with E-state index >= 15 is 0 Å². The molecule has 16 heavy (non-hydrogen) atoms. The number of likely N-dealkylation sites (N-methyl/N-ethyl adjacent to an activating group) is 1. The van der Waals surface area contributed by atoms with Crippen molar-refractivity contribution < 1.29 is 5.11 Å². The SMILES string of the molecule is CNC(CO)CN1CCC(CN(C)C)CC1. The van der Waals surface area contributed by atoms with E-state index in [0.717, 1.165) is 12.5 Å². The van der Waals surface area contributed by atoms with Gasteiger partial charge < -0.3 is 20.2 Å². The molecule has 0 amide bonds. The highest BCUT2D eigenvalue weighted by Gasteiger charge is 2.21. The summed E-state index contributed by atoms with van der Waals surface area (Å²) < 4.78 is 0. The Bertz CT molecular complexity index is 175. The van der Waals surface area contributed by atoms with Crippen LogP contribution in [0, 0.1) is 5.92 Å². The number of piperidine rings is 1. The second kappa shape index (κ2) is 7.22. The molecule has 4 heteroatoms. The molecule has 0 aromatic heterocycles. The van der Waals surface area contributed by atoms with Crippen LogP contribution in [0.25, 0.3) is 0 Å². The number of aliphatic hydroxyl groups excluding tert-OH is 1. The van der Waals surface area contributed by atoms with Crippen LogP contribution in [0.1, 0.15) is 12.8 Å². The Hall–Kier alpha value is -0.160. The number of nitrogens with one attached hydrogen (secondary N) is 1. The van der Waals surface area contributed by atoms with Crippen molar-refractivity contribution in [3.05, 3.63) is 0 Å². The van der Waals surface area contributed by atoms with Crippen molar-refractivity contribution in [1.29, 1.82) is 0 Å². The van der Waals surface area contributed by atoms with Gasteiger partial charge in [0, 0.05) is 19.1 Å². The van der Waals surface area contributed by atoms with Gasteiger partial charge in [-0.1, -0.05) is 0 Å². The average molecular weight is 229 g/mol. The minimum Gasteiger partial charge on any atom is -0.395 e. The number of nitrogens with zero attached hydrogens (tertiary/aromatic N) is 2. The number of likely N-dealkylation sites (tertiary alicyclic amines) is 1. The Labute approximate surface area is 99.6 Å². The van der Waals surface area contributed by atoms with E-state index in [4.69, 9.17) is 5.11 Å². The van der Waals surface area contributed by atoms with Crippen molar-refractivity contribution in [1.82, 2.24) is 15.1 Å². The molecule has 1 aliphatic heterocycles. The maximum absolute atomic E-state index is 9.13. The minimum absolute atomic E-state index is 0.227. The third-order valence-electron chi connectivity index (χ3n) is 3.44. The molecule has 1 rings (SSSR count). The summed E-state index contributed by atoms with van der Waals surface area (Å²) in [5.41, 5.74) is 0. The Kier molecular flexibility index (Phi) is 6.28. The molecule has 1 saturated heterocycles.